The van der Waals surface area contributed by atoms with Crippen molar-refractivity contribution < 1.29 is 14.3 Å². The minimum atomic E-state index is -0.0104. The van der Waals surface area contributed by atoms with E-state index in [0.29, 0.717) is 11.5 Å². The number of ether oxygens (including phenoxy) is 2. The Hall–Kier alpha value is -2.80. The van der Waals surface area contributed by atoms with Crippen molar-refractivity contribution in [3.05, 3.63) is 54.1 Å². The highest BCUT2D eigenvalue weighted by Gasteiger charge is 2.26. The maximum Gasteiger partial charge on any atom is 0.231 e. The van der Waals surface area contributed by atoms with E-state index < -0.39 is 0 Å². The molecule has 0 bridgehead atoms. The van der Waals surface area contributed by atoms with Crippen LogP contribution in [0.5, 0.6) is 11.5 Å². The average molecular weight is 412 g/mol. The molecule has 1 saturated heterocycles. The van der Waals surface area contributed by atoms with E-state index in [1.54, 1.807) is 6.07 Å². The summed E-state index contributed by atoms with van der Waals surface area (Å²) in [5.41, 5.74) is 2.03. The van der Waals surface area contributed by atoms with Crippen LogP contribution in [0.15, 0.2) is 48.5 Å². The van der Waals surface area contributed by atoms with Gasteiger partial charge in [-0.2, -0.15) is 0 Å². The first-order valence-corrected chi connectivity index (χ1v) is 10.4. The lowest BCUT2D eigenvalue weighted by Crippen LogP contribution is -2.46. The monoisotopic (exact) mass is 411 g/mol. The van der Waals surface area contributed by atoms with Gasteiger partial charge in [-0.1, -0.05) is 30.3 Å². The number of anilines is 1. The summed E-state index contributed by atoms with van der Waals surface area (Å²) >= 11 is 5.53. The zero-order valence-electron chi connectivity index (χ0n) is 16.2. The molecule has 2 aromatic rings. The minimum absolute atomic E-state index is 0.0104. The first kappa shape index (κ1) is 19.5. The Labute approximate surface area is 176 Å². The zero-order chi connectivity index (χ0) is 20.1. The van der Waals surface area contributed by atoms with Gasteiger partial charge in [0.1, 0.15) is 0 Å². The number of thiocarbonyl (C=S) groups is 1. The molecule has 29 heavy (non-hydrogen) atoms. The van der Waals surface area contributed by atoms with Crippen LogP contribution in [0.1, 0.15) is 18.4 Å². The highest BCUT2D eigenvalue weighted by Crippen LogP contribution is 2.34. The van der Waals surface area contributed by atoms with Gasteiger partial charge in [0.2, 0.25) is 12.7 Å². The summed E-state index contributed by atoms with van der Waals surface area (Å²) in [6, 6.07) is 15.8. The van der Waals surface area contributed by atoms with Gasteiger partial charge in [-0.25, -0.2) is 0 Å². The molecule has 2 heterocycles. The molecule has 7 heteroatoms. The van der Waals surface area contributed by atoms with Gasteiger partial charge >= 0.3 is 0 Å². The summed E-state index contributed by atoms with van der Waals surface area (Å²) in [7, 11) is 0. The van der Waals surface area contributed by atoms with Crippen molar-refractivity contribution in [3.8, 4) is 11.5 Å². The first-order valence-electron chi connectivity index (χ1n) is 9.96. The van der Waals surface area contributed by atoms with Gasteiger partial charge in [-0.15, -0.1) is 0 Å². The zero-order valence-corrected chi connectivity index (χ0v) is 17.0. The van der Waals surface area contributed by atoms with Gasteiger partial charge in [0, 0.05) is 37.3 Å². The van der Waals surface area contributed by atoms with Crippen LogP contribution >= 0.6 is 12.2 Å². The molecular weight excluding hydrogens is 386 g/mol. The quantitative estimate of drug-likeness (QED) is 0.737. The molecule has 2 aromatic carbocycles. The van der Waals surface area contributed by atoms with Crippen LogP contribution in [0.2, 0.25) is 0 Å². The van der Waals surface area contributed by atoms with Crippen LogP contribution in [0.3, 0.4) is 0 Å². The van der Waals surface area contributed by atoms with E-state index in [4.69, 9.17) is 21.7 Å². The molecule has 2 aliphatic rings. The van der Waals surface area contributed by atoms with Crippen LogP contribution in [-0.2, 0) is 11.2 Å². The number of piperidine rings is 1. The highest BCUT2D eigenvalue weighted by molar-refractivity contribution is 7.80. The molecule has 1 fully saturated rings. The van der Waals surface area contributed by atoms with E-state index in [2.05, 4.69) is 27.7 Å². The summed E-state index contributed by atoms with van der Waals surface area (Å²) in [6.07, 6.45) is 2.52. The third kappa shape index (κ3) is 4.98. The summed E-state index contributed by atoms with van der Waals surface area (Å²) in [6.45, 7) is 2.62. The number of carbonyl (C=O) groups is 1. The summed E-state index contributed by atoms with van der Waals surface area (Å²) in [4.78, 5) is 14.8. The minimum Gasteiger partial charge on any atom is -0.454 e. The standard InChI is InChI=1S/C22H25N3O3S/c26-21(24-18-6-7-19-20(14-18)28-15-27-19)17-9-12-25(13-10-17)22(29)23-11-8-16-4-2-1-3-5-16/h1-7,14,17H,8-13,15H2,(H,23,29)(H,24,26). The normalized spacial score (nSPS) is 15.8. The molecule has 0 saturated carbocycles. The molecule has 6 nitrogen and oxygen atoms in total. The van der Waals surface area contributed by atoms with Crippen molar-refractivity contribution in [1.29, 1.82) is 0 Å². The predicted octanol–water partition coefficient (Wildman–Crippen LogP) is 3.18. The van der Waals surface area contributed by atoms with Crippen molar-refractivity contribution in [1.82, 2.24) is 10.2 Å². The molecule has 4 rings (SSSR count). The second kappa shape index (κ2) is 9.13. The lowest BCUT2D eigenvalue weighted by Gasteiger charge is -2.33. The SMILES string of the molecule is O=C(Nc1ccc2c(c1)OCO2)C1CCN(C(=S)NCCc2ccccc2)CC1. The fraction of sp³-hybridized carbons (Fsp3) is 0.364. The smallest absolute Gasteiger partial charge is 0.231 e. The molecule has 1 amide bonds. The van der Waals surface area contributed by atoms with Gasteiger partial charge in [0.25, 0.3) is 0 Å². The molecule has 0 atom stereocenters. The predicted molar refractivity (Wildman–Crippen MR) is 116 cm³/mol. The van der Waals surface area contributed by atoms with Crippen LogP contribution in [0.25, 0.3) is 0 Å². The molecule has 2 aliphatic heterocycles. The third-order valence-electron chi connectivity index (χ3n) is 5.33. The number of fused-ring (bicyclic) bond motifs is 1. The summed E-state index contributed by atoms with van der Waals surface area (Å²) < 4.78 is 10.7. The molecule has 0 unspecified atom stereocenters. The second-order valence-electron chi connectivity index (χ2n) is 7.29. The van der Waals surface area contributed by atoms with E-state index in [0.717, 1.165) is 49.7 Å². The van der Waals surface area contributed by atoms with Crippen molar-refractivity contribution in [3.63, 3.8) is 0 Å². The Morgan fingerprint density at radius 2 is 1.83 bits per heavy atom. The molecule has 2 N–H and O–H groups in total. The number of nitrogens with one attached hydrogen (secondary N) is 2. The van der Waals surface area contributed by atoms with E-state index in [1.165, 1.54) is 5.56 Å². The fourth-order valence-electron chi connectivity index (χ4n) is 3.63. The highest BCUT2D eigenvalue weighted by atomic mass is 32.1. The Bertz CT molecular complexity index is 867. The molecule has 0 aromatic heterocycles. The lowest BCUT2D eigenvalue weighted by molar-refractivity contribution is -0.120. The summed E-state index contributed by atoms with van der Waals surface area (Å²) in [5.74, 6) is 1.42. The average Bonchev–Trinajstić information content (AvgIpc) is 3.22. The number of benzene rings is 2. The van der Waals surface area contributed by atoms with Crippen molar-refractivity contribution in [2.75, 3.05) is 31.7 Å². The van der Waals surface area contributed by atoms with Crippen LogP contribution in [0, 0.1) is 5.92 Å². The van der Waals surface area contributed by atoms with Crippen molar-refractivity contribution in [2.24, 2.45) is 5.92 Å². The third-order valence-corrected chi connectivity index (χ3v) is 5.73. The number of rotatable bonds is 5. The topological polar surface area (TPSA) is 62.8 Å². The molecule has 152 valence electrons. The van der Waals surface area contributed by atoms with Gasteiger partial charge in [-0.3, -0.25) is 4.79 Å². The van der Waals surface area contributed by atoms with Crippen LogP contribution < -0.4 is 20.1 Å². The van der Waals surface area contributed by atoms with E-state index in [9.17, 15) is 4.79 Å². The Kier molecular flexibility index (Phi) is 6.14. The number of nitrogens with zero attached hydrogens (tertiary/aromatic N) is 1. The molecule has 0 spiro atoms. The van der Waals surface area contributed by atoms with E-state index in [-0.39, 0.29) is 18.6 Å². The number of hydrogen-bond acceptors (Lipinski definition) is 4. The largest absolute Gasteiger partial charge is 0.454 e. The second-order valence-corrected chi connectivity index (χ2v) is 7.67. The number of likely N-dealkylation sites (tertiary alicyclic amines) is 1. The fourth-order valence-corrected chi connectivity index (χ4v) is 3.92. The first-order chi connectivity index (χ1) is 14.2. The maximum atomic E-state index is 12.6. The van der Waals surface area contributed by atoms with Gasteiger partial charge in [0.05, 0.1) is 0 Å². The van der Waals surface area contributed by atoms with Crippen LogP contribution in [-0.4, -0.2) is 42.3 Å². The van der Waals surface area contributed by atoms with Crippen molar-refractivity contribution >= 4 is 28.9 Å². The molecular formula is C22H25N3O3S. The Balaban J connectivity index is 1.20. The van der Waals surface area contributed by atoms with Gasteiger partial charge in [-0.05, 0) is 49.2 Å². The number of hydrogen-bond donors (Lipinski definition) is 2. The Morgan fingerprint density at radius 3 is 2.62 bits per heavy atom. The van der Waals surface area contributed by atoms with Gasteiger partial charge in [0.15, 0.2) is 16.6 Å². The van der Waals surface area contributed by atoms with Gasteiger partial charge < -0.3 is 25.0 Å². The van der Waals surface area contributed by atoms with Crippen LogP contribution in [0.4, 0.5) is 5.69 Å². The summed E-state index contributed by atoms with van der Waals surface area (Å²) in [5, 5.41) is 7.11. The molecule has 0 aliphatic carbocycles. The van der Waals surface area contributed by atoms with Crippen molar-refractivity contribution in [2.45, 2.75) is 19.3 Å². The lowest BCUT2D eigenvalue weighted by atomic mass is 9.96. The number of amides is 1. The maximum absolute atomic E-state index is 12.6. The Morgan fingerprint density at radius 1 is 1.07 bits per heavy atom. The number of carbonyl (C=O) groups excluding carboxylic acids is 1. The van der Waals surface area contributed by atoms with E-state index >= 15 is 0 Å². The van der Waals surface area contributed by atoms with E-state index in [1.807, 2.05) is 30.3 Å². The molecule has 0 radical (unpaired) electrons.